The molecule has 1 aromatic heterocycles. The Labute approximate surface area is 77.5 Å². The van der Waals surface area contributed by atoms with Crippen molar-refractivity contribution >= 4 is 5.69 Å². The molecular formula is C7H7N3O4. The maximum atomic E-state index is 11.3. The smallest absolute Gasteiger partial charge is 0.307 e. The van der Waals surface area contributed by atoms with Crippen LogP contribution in [0.25, 0.3) is 0 Å². The number of nitrogens with zero attached hydrogens (tertiary/aromatic N) is 2. The quantitative estimate of drug-likeness (QED) is 0.406. The SMILES string of the molecule is C=CCn1c(=O)[nH]cc([N+](=O)[O-])c1=O. The summed E-state index contributed by atoms with van der Waals surface area (Å²) in [5.41, 5.74) is -2.29. The molecule has 0 saturated carbocycles. The number of aromatic amines is 1. The first-order chi connectivity index (χ1) is 6.57. The van der Waals surface area contributed by atoms with Crippen molar-refractivity contribution in [1.29, 1.82) is 0 Å². The Bertz CT molecular complexity index is 484. The number of rotatable bonds is 3. The van der Waals surface area contributed by atoms with Crippen molar-refractivity contribution in [2.24, 2.45) is 0 Å². The zero-order chi connectivity index (χ0) is 10.7. The van der Waals surface area contributed by atoms with E-state index in [9.17, 15) is 19.7 Å². The average molecular weight is 197 g/mol. The summed E-state index contributed by atoms with van der Waals surface area (Å²) in [5.74, 6) is 0. The molecule has 0 bridgehead atoms. The zero-order valence-electron chi connectivity index (χ0n) is 7.10. The van der Waals surface area contributed by atoms with E-state index >= 15 is 0 Å². The van der Waals surface area contributed by atoms with Gasteiger partial charge in [-0.1, -0.05) is 6.08 Å². The molecule has 0 fully saturated rings. The van der Waals surface area contributed by atoms with Crippen LogP contribution in [0.5, 0.6) is 0 Å². The number of H-pyrrole nitrogens is 1. The maximum Gasteiger partial charge on any atom is 0.350 e. The molecule has 1 heterocycles. The molecule has 0 saturated heterocycles. The van der Waals surface area contributed by atoms with Crippen molar-refractivity contribution in [2.45, 2.75) is 6.54 Å². The third kappa shape index (κ3) is 1.60. The Balaban J connectivity index is 3.49. The number of aromatic nitrogens is 2. The second-order valence-corrected chi connectivity index (χ2v) is 2.44. The minimum absolute atomic E-state index is 0.0597. The van der Waals surface area contributed by atoms with Gasteiger partial charge >= 0.3 is 16.9 Å². The summed E-state index contributed by atoms with van der Waals surface area (Å²) in [5, 5.41) is 10.3. The Hall–Kier alpha value is -2.18. The minimum atomic E-state index is -0.932. The van der Waals surface area contributed by atoms with Crippen LogP contribution in [-0.2, 0) is 6.54 Å². The van der Waals surface area contributed by atoms with Crippen molar-refractivity contribution in [2.75, 3.05) is 0 Å². The molecule has 14 heavy (non-hydrogen) atoms. The van der Waals surface area contributed by atoms with Crippen LogP contribution in [0.2, 0.25) is 0 Å². The number of hydrogen-bond acceptors (Lipinski definition) is 4. The van der Waals surface area contributed by atoms with Crippen LogP contribution in [-0.4, -0.2) is 14.5 Å². The topological polar surface area (TPSA) is 98.0 Å². The molecule has 0 unspecified atom stereocenters. The summed E-state index contributed by atoms with van der Waals surface area (Å²) in [4.78, 5) is 33.9. The summed E-state index contributed by atoms with van der Waals surface area (Å²) in [6.45, 7) is 3.27. The van der Waals surface area contributed by atoms with Gasteiger partial charge in [0.15, 0.2) is 0 Å². The van der Waals surface area contributed by atoms with E-state index < -0.39 is 21.9 Å². The van der Waals surface area contributed by atoms with Crippen LogP contribution in [0.4, 0.5) is 5.69 Å². The van der Waals surface area contributed by atoms with Crippen LogP contribution in [0.3, 0.4) is 0 Å². The van der Waals surface area contributed by atoms with Crippen molar-refractivity contribution in [3.63, 3.8) is 0 Å². The lowest BCUT2D eigenvalue weighted by Gasteiger charge is -1.98. The van der Waals surface area contributed by atoms with Gasteiger partial charge in [-0.3, -0.25) is 19.5 Å². The predicted molar refractivity (Wildman–Crippen MR) is 48.2 cm³/mol. The molecular weight excluding hydrogens is 190 g/mol. The van der Waals surface area contributed by atoms with Gasteiger partial charge in [0.25, 0.3) is 0 Å². The Morgan fingerprint density at radius 2 is 2.29 bits per heavy atom. The molecule has 0 amide bonds. The van der Waals surface area contributed by atoms with Gasteiger partial charge < -0.3 is 4.98 Å². The van der Waals surface area contributed by atoms with Gasteiger partial charge in [0.2, 0.25) is 0 Å². The summed E-state index contributed by atoms with van der Waals surface area (Å²) >= 11 is 0. The molecule has 0 spiro atoms. The van der Waals surface area contributed by atoms with Gasteiger partial charge in [-0.2, -0.15) is 0 Å². The molecule has 0 radical (unpaired) electrons. The number of hydrogen-bond donors (Lipinski definition) is 1. The number of allylic oxidation sites excluding steroid dienone is 1. The van der Waals surface area contributed by atoms with E-state index in [4.69, 9.17) is 0 Å². The molecule has 0 aliphatic heterocycles. The van der Waals surface area contributed by atoms with Gasteiger partial charge in [-0.15, -0.1) is 6.58 Å². The zero-order valence-corrected chi connectivity index (χ0v) is 7.10. The second kappa shape index (κ2) is 3.69. The summed E-state index contributed by atoms with van der Waals surface area (Å²) in [7, 11) is 0. The largest absolute Gasteiger partial charge is 0.350 e. The summed E-state index contributed by atoms with van der Waals surface area (Å²) < 4.78 is 0.700. The van der Waals surface area contributed by atoms with Gasteiger partial charge in [0, 0.05) is 6.54 Å². The lowest BCUT2D eigenvalue weighted by atomic mass is 10.5. The van der Waals surface area contributed by atoms with Crippen molar-refractivity contribution in [3.8, 4) is 0 Å². The van der Waals surface area contributed by atoms with E-state index in [0.29, 0.717) is 4.57 Å². The third-order valence-corrected chi connectivity index (χ3v) is 1.55. The van der Waals surface area contributed by atoms with Crippen LogP contribution >= 0.6 is 0 Å². The lowest BCUT2D eigenvalue weighted by molar-refractivity contribution is -0.386. The first-order valence-corrected chi connectivity index (χ1v) is 3.65. The van der Waals surface area contributed by atoms with E-state index in [1.165, 1.54) is 6.08 Å². The van der Waals surface area contributed by atoms with Crippen molar-refractivity contribution in [1.82, 2.24) is 9.55 Å². The third-order valence-electron chi connectivity index (χ3n) is 1.55. The summed E-state index contributed by atoms with van der Waals surface area (Å²) in [6, 6.07) is 0. The van der Waals surface area contributed by atoms with Crippen LogP contribution in [0, 0.1) is 10.1 Å². The maximum absolute atomic E-state index is 11.3. The molecule has 0 atom stereocenters. The van der Waals surface area contributed by atoms with Crippen LogP contribution < -0.4 is 11.2 Å². The van der Waals surface area contributed by atoms with E-state index in [2.05, 4.69) is 11.6 Å². The minimum Gasteiger partial charge on any atom is -0.307 e. The molecule has 7 nitrogen and oxygen atoms in total. The van der Waals surface area contributed by atoms with Crippen LogP contribution in [0.15, 0.2) is 28.4 Å². The average Bonchev–Trinajstić information content (AvgIpc) is 2.11. The Morgan fingerprint density at radius 3 is 2.79 bits per heavy atom. The van der Waals surface area contributed by atoms with Gasteiger partial charge in [-0.25, -0.2) is 4.79 Å². The van der Waals surface area contributed by atoms with E-state index in [-0.39, 0.29) is 6.54 Å². The molecule has 74 valence electrons. The van der Waals surface area contributed by atoms with Gasteiger partial charge in [0.05, 0.1) is 11.1 Å². The highest BCUT2D eigenvalue weighted by Crippen LogP contribution is 1.96. The number of nitrogens with one attached hydrogen (secondary N) is 1. The fraction of sp³-hybridized carbons (Fsp3) is 0.143. The van der Waals surface area contributed by atoms with Crippen molar-refractivity contribution in [3.05, 3.63) is 49.8 Å². The van der Waals surface area contributed by atoms with E-state index in [1.54, 1.807) is 0 Å². The normalized spacial score (nSPS) is 9.71. The highest BCUT2D eigenvalue weighted by Gasteiger charge is 2.15. The predicted octanol–water partition coefficient (Wildman–Crippen LogP) is -0.369. The Morgan fingerprint density at radius 1 is 1.64 bits per heavy atom. The van der Waals surface area contributed by atoms with Gasteiger partial charge in [-0.05, 0) is 0 Å². The molecule has 0 aliphatic rings. The fourth-order valence-electron chi connectivity index (χ4n) is 0.926. The van der Waals surface area contributed by atoms with E-state index in [0.717, 1.165) is 6.20 Å². The van der Waals surface area contributed by atoms with Crippen LogP contribution in [0.1, 0.15) is 0 Å². The highest BCUT2D eigenvalue weighted by atomic mass is 16.6. The summed E-state index contributed by atoms with van der Waals surface area (Å²) in [6.07, 6.45) is 2.09. The standard InChI is InChI=1S/C7H7N3O4/c1-2-3-9-6(11)5(10(13)14)4-8-7(9)12/h2,4H,1,3H2,(H,8,12). The molecule has 0 aliphatic carbocycles. The highest BCUT2D eigenvalue weighted by molar-refractivity contribution is 5.20. The first kappa shape index (κ1) is 9.90. The first-order valence-electron chi connectivity index (χ1n) is 3.65. The second-order valence-electron chi connectivity index (χ2n) is 2.44. The van der Waals surface area contributed by atoms with Crippen molar-refractivity contribution < 1.29 is 4.92 Å². The monoisotopic (exact) mass is 197 g/mol. The number of nitro groups is 1. The molecule has 1 rings (SSSR count). The molecule has 1 aromatic rings. The molecule has 0 aromatic carbocycles. The van der Waals surface area contributed by atoms with E-state index in [1.807, 2.05) is 0 Å². The lowest BCUT2D eigenvalue weighted by Crippen LogP contribution is -2.35. The molecule has 7 heteroatoms. The molecule has 1 N–H and O–H groups in total. The van der Waals surface area contributed by atoms with Gasteiger partial charge in [0.1, 0.15) is 0 Å². The fourth-order valence-corrected chi connectivity index (χ4v) is 0.926. The Kier molecular flexibility index (Phi) is 2.61.